The van der Waals surface area contributed by atoms with E-state index in [0.717, 1.165) is 38.9 Å². The number of amides is 2. The minimum atomic E-state index is -0.873. The van der Waals surface area contributed by atoms with Gasteiger partial charge >= 0.3 is 12.0 Å². The van der Waals surface area contributed by atoms with Crippen molar-refractivity contribution in [2.24, 2.45) is 5.92 Å². The molecule has 3 aliphatic rings. The van der Waals surface area contributed by atoms with E-state index in [1.807, 2.05) is 4.90 Å². The van der Waals surface area contributed by atoms with Gasteiger partial charge in [0.05, 0.1) is 5.37 Å². The van der Waals surface area contributed by atoms with Crippen LogP contribution in [0.15, 0.2) is 0 Å². The summed E-state index contributed by atoms with van der Waals surface area (Å²) >= 11 is 1.64. The predicted molar refractivity (Wildman–Crippen MR) is 76.7 cm³/mol. The molecule has 1 aliphatic carbocycles. The van der Waals surface area contributed by atoms with Crippen LogP contribution in [0.5, 0.6) is 0 Å². The van der Waals surface area contributed by atoms with Crippen molar-refractivity contribution in [2.45, 2.75) is 30.7 Å². The van der Waals surface area contributed by atoms with E-state index in [9.17, 15) is 14.7 Å². The first-order chi connectivity index (χ1) is 9.68. The summed E-state index contributed by atoms with van der Waals surface area (Å²) in [7, 11) is 0. The monoisotopic (exact) mass is 299 g/mol. The average Bonchev–Trinajstić information content (AvgIpc) is 3.21. The molecule has 7 heteroatoms. The molecule has 2 atom stereocenters. The molecule has 0 spiro atoms. The largest absolute Gasteiger partial charge is 0.480 e. The Balaban J connectivity index is 1.75. The van der Waals surface area contributed by atoms with Crippen LogP contribution in [0.3, 0.4) is 0 Å². The van der Waals surface area contributed by atoms with E-state index in [-0.39, 0.29) is 11.4 Å². The summed E-state index contributed by atoms with van der Waals surface area (Å²) in [4.78, 5) is 27.6. The van der Waals surface area contributed by atoms with Gasteiger partial charge in [0, 0.05) is 25.4 Å². The van der Waals surface area contributed by atoms with Crippen LogP contribution in [0.1, 0.15) is 19.3 Å². The molecule has 0 aromatic carbocycles. The zero-order valence-electron chi connectivity index (χ0n) is 11.5. The van der Waals surface area contributed by atoms with Gasteiger partial charge in [-0.2, -0.15) is 0 Å². The highest BCUT2D eigenvalue weighted by Gasteiger charge is 2.49. The van der Waals surface area contributed by atoms with Crippen LogP contribution in [-0.2, 0) is 4.79 Å². The van der Waals surface area contributed by atoms with Crippen LogP contribution in [0.4, 0.5) is 4.79 Å². The molecule has 112 valence electrons. The summed E-state index contributed by atoms with van der Waals surface area (Å²) in [6.45, 7) is 3.10. The lowest BCUT2D eigenvalue weighted by Crippen LogP contribution is -2.52. The number of carboxylic acid groups (broad SMARTS) is 1. The van der Waals surface area contributed by atoms with E-state index in [4.69, 9.17) is 0 Å². The molecule has 2 heterocycles. The highest BCUT2D eigenvalue weighted by Crippen LogP contribution is 2.45. The second-order valence-electron chi connectivity index (χ2n) is 5.70. The second-order valence-corrected chi connectivity index (χ2v) is 6.85. The molecule has 6 nitrogen and oxygen atoms in total. The Kier molecular flexibility index (Phi) is 4.07. The lowest BCUT2D eigenvalue weighted by atomic mass is 10.2. The molecule has 2 amide bonds. The van der Waals surface area contributed by atoms with Gasteiger partial charge in [0.25, 0.3) is 0 Å². The van der Waals surface area contributed by atoms with Crippen molar-refractivity contribution in [3.05, 3.63) is 0 Å². The van der Waals surface area contributed by atoms with Crippen LogP contribution in [0.25, 0.3) is 0 Å². The first-order valence-electron chi connectivity index (χ1n) is 7.31. The van der Waals surface area contributed by atoms with E-state index in [2.05, 4.69) is 5.32 Å². The van der Waals surface area contributed by atoms with Crippen molar-refractivity contribution in [3.63, 3.8) is 0 Å². The van der Waals surface area contributed by atoms with Gasteiger partial charge in [-0.05, 0) is 31.7 Å². The van der Waals surface area contributed by atoms with E-state index in [0.29, 0.717) is 18.2 Å². The van der Waals surface area contributed by atoms with Gasteiger partial charge < -0.3 is 15.3 Å². The van der Waals surface area contributed by atoms with Crippen LogP contribution >= 0.6 is 11.8 Å². The molecule has 3 rings (SSSR count). The summed E-state index contributed by atoms with van der Waals surface area (Å²) in [5.41, 5.74) is 0. The summed E-state index contributed by atoms with van der Waals surface area (Å²) in [5, 5.41) is 12.7. The van der Waals surface area contributed by atoms with Crippen molar-refractivity contribution in [1.82, 2.24) is 15.1 Å². The molecule has 2 aliphatic heterocycles. The highest BCUT2D eigenvalue weighted by atomic mass is 32.2. The lowest BCUT2D eigenvalue weighted by molar-refractivity contribution is -0.141. The van der Waals surface area contributed by atoms with Gasteiger partial charge in [-0.25, -0.2) is 9.59 Å². The number of hydrogen-bond donors (Lipinski definition) is 2. The van der Waals surface area contributed by atoms with Crippen LogP contribution in [-0.4, -0.2) is 70.3 Å². The van der Waals surface area contributed by atoms with Gasteiger partial charge in [-0.15, -0.1) is 11.8 Å². The number of carbonyl (C=O) groups is 2. The number of thioether (sulfide) groups is 1. The van der Waals surface area contributed by atoms with E-state index < -0.39 is 12.0 Å². The Morgan fingerprint density at radius 3 is 2.70 bits per heavy atom. The molecule has 3 fully saturated rings. The molecule has 2 N–H and O–H groups in total. The molecule has 0 aromatic rings. The fourth-order valence-corrected chi connectivity index (χ4v) is 4.53. The van der Waals surface area contributed by atoms with Gasteiger partial charge in [-0.3, -0.25) is 4.90 Å². The average molecular weight is 299 g/mol. The lowest BCUT2D eigenvalue weighted by Gasteiger charge is -2.33. The van der Waals surface area contributed by atoms with Gasteiger partial charge in [-0.1, -0.05) is 0 Å². The normalized spacial score (nSPS) is 31.2. The predicted octanol–water partition coefficient (Wildman–Crippen LogP) is 0.640. The Labute approximate surface area is 122 Å². The zero-order valence-corrected chi connectivity index (χ0v) is 12.3. The number of rotatable bonds is 2. The fraction of sp³-hybridized carbons (Fsp3) is 0.846. The fourth-order valence-electron chi connectivity index (χ4n) is 2.91. The van der Waals surface area contributed by atoms with E-state index >= 15 is 0 Å². The number of hydrogen-bond acceptors (Lipinski definition) is 4. The smallest absolute Gasteiger partial charge is 0.327 e. The molecule has 0 aromatic heterocycles. The Hall–Kier alpha value is -0.950. The maximum absolute atomic E-state index is 12.8. The van der Waals surface area contributed by atoms with E-state index in [1.165, 1.54) is 0 Å². The van der Waals surface area contributed by atoms with Crippen molar-refractivity contribution < 1.29 is 14.7 Å². The summed E-state index contributed by atoms with van der Waals surface area (Å²) in [6.07, 6.45) is 3.17. The van der Waals surface area contributed by atoms with Gasteiger partial charge in [0.1, 0.15) is 6.04 Å². The third-order valence-corrected chi connectivity index (χ3v) is 5.64. The third-order valence-electron chi connectivity index (χ3n) is 4.18. The number of carbonyl (C=O) groups excluding carboxylic acids is 1. The van der Waals surface area contributed by atoms with Crippen molar-refractivity contribution in [1.29, 1.82) is 0 Å². The third kappa shape index (κ3) is 2.74. The topological polar surface area (TPSA) is 72.9 Å². The zero-order chi connectivity index (χ0) is 14.1. The first-order valence-corrected chi connectivity index (χ1v) is 8.35. The Morgan fingerprint density at radius 2 is 2.00 bits per heavy atom. The molecule has 2 unspecified atom stereocenters. The molecule has 20 heavy (non-hydrogen) atoms. The van der Waals surface area contributed by atoms with E-state index in [1.54, 1.807) is 16.7 Å². The van der Waals surface area contributed by atoms with Crippen LogP contribution < -0.4 is 5.32 Å². The number of nitrogens with zero attached hydrogens (tertiary/aromatic N) is 2. The standard InChI is InChI=1S/C13H21N3O3S/c17-12(18)10-8-20-11(9-2-3-9)16(10)13(19)15-6-1-4-14-5-7-15/h9-11,14H,1-8H2,(H,17,18). The maximum atomic E-state index is 12.8. The molecule has 0 radical (unpaired) electrons. The first kappa shape index (κ1) is 14.0. The summed E-state index contributed by atoms with van der Waals surface area (Å²) in [6, 6.07) is -0.739. The van der Waals surface area contributed by atoms with Crippen molar-refractivity contribution in [3.8, 4) is 0 Å². The quantitative estimate of drug-likeness (QED) is 0.783. The second kappa shape index (κ2) is 5.81. The van der Waals surface area contributed by atoms with Crippen molar-refractivity contribution >= 4 is 23.8 Å². The molecular weight excluding hydrogens is 278 g/mol. The summed E-state index contributed by atoms with van der Waals surface area (Å²) in [5.74, 6) is 0.147. The highest BCUT2D eigenvalue weighted by molar-refractivity contribution is 8.00. The molecule has 0 bridgehead atoms. The number of nitrogens with one attached hydrogen (secondary N) is 1. The minimum Gasteiger partial charge on any atom is -0.480 e. The molecule has 1 saturated carbocycles. The SMILES string of the molecule is O=C(O)C1CSC(C2CC2)N1C(=O)N1CCCNCC1. The number of aliphatic carboxylic acids is 1. The summed E-state index contributed by atoms with van der Waals surface area (Å²) < 4.78 is 0. The Morgan fingerprint density at radius 1 is 1.20 bits per heavy atom. The number of urea groups is 1. The maximum Gasteiger partial charge on any atom is 0.327 e. The van der Waals surface area contributed by atoms with Crippen LogP contribution in [0, 0.1) is 5.92 Å². The minimum absolute atomic E-state index is 0.0693. The van der Waals surface area contributed by atoms with Gasteiger partial charge in [0.15, 0.2) is 0 Å². The van der Waals surface area contributed by atoms with Crippen LogP contribution in [0.2, 0.25) is 0 Å². The number of carboxylic acids is 1. The van der Waals surface area contributed by atoms with Gasteiger partial charge in [0.2, 0.25) is 0 Å². The Bertz CT molecular complexity index is 394. The molecular formula is C13H21N3O3S. The van der Waals surface area contributed by atoms with Crippen molar-refractivity contribution in [2.75, 3.05) is 31.9 Å². The molecule has 2 saturated heterocycles.